The molecule has 4 aromatic rings. The molecule has 5 rings (SSSR count). The van der Waals surface area contributed by atoms with E-state index >= 15 is 0 Å². The largest absolute Gasteiger partial charge is 0.344 e. The van der Waals surface area contributed by atoms with Crippen LogP contribution in [0, 0.1) is 0 Å². The Balaban J connectivity index is 1.81. The Hall–Kier alpha value is -2.80. The quantitative estimate of drug-likeness (QED) is 0.409. The van der Waals surface area contributed by atoms with E-state index in [1.807, 2.05) is 0 Å². The summed E-state index contributed by atoms with van der Waals surface area (Å²) in [6, 6.07) is 22.2. The summed E-state index contributed by atoms with van der Waals surface area (Å²) in [4.78, 5) is 0. The minimum Gasteiger partial charge on any atom is -0.344 e. The third-order valence-corrected chi connectivity index (χ3v) is 5.28. The minimum absolute atomic E-state index is 1.08. The maximum atomic E-state index is 2.36. The van der Waals surface area contributed by atoms with Crippen LogP contribution >= 0.6 is 0 Å². The molecule has 1 aromatic heterocycles. The van der Waals surface area contributed by atoms with Crippen LogP contribution in [0.2, 0.25) is 0 Å². The molecule has 0 spiro atoms. The van der Waals surface area contributed by atoms with Crippen molar-refractivity contribution >= 4 is 27.9 Å². The van der Waals surface area contributed by atoms with E-state index in [0.29, 0.717) is 0 Å². The number of aryl methyl sites for hydroxylation is 1. The highest BCUT2D eigenvalue weighted by Gasteiger charge is 2.15. The van der Waals surface area contributed by atoms with Crippen molar-refractivity contribution in [1.82, 2.24) is 4.57 Å². The Bertz CT molecular complexity index is 1140. The Labute approximate surface area is 141 Å². The first kappa shape index (κ1) is 13.6. The molecule has 0 atom stereocenters. The molecule has 1 heterocycles. The molecule has 0 saturated carbocycles. The lowest BCUT2D eigenvalue weighted by atomic mass is 9.96. The van der Waals surface area contributed by atoms with Gasteiger partial charge < -0.3 is 4.57 Å². The zero-order valence-corrected chi connectivity index (χ0v) is 14.0. The van der Waals surface area contributed by atoms with Gasteiger partial charge in [-0.2, -0.15) is 0 Å². The van der Waals surface area contributed by atoms with Crippen LogP contribution < -0.4 is 0 Å². The number of hydrogen-bond donors (Lipinski definition) is 0. The van der Waals surface area contributed by atoms with E-state index in [4.69, 9.17) is 0 Å². The molecular formula is C23H19N. The van der Waals surface area contributed by atoms with E-state index in [0.717, 1.165) is 6.42 Å². The van der Waals surface area contributed by atoms with Crippen molar-refractivity contribution in [2.45, 2.75) is 13.3 Å². The van der Waals surface area contributed by atoms with Crippen LogP contribution in [0.3, 0.4) is 0 Å². The number of allylic oxidation sites excluding steroid dienone is 1. The van der Waals surface area contributed by atoms with E-state index in [9.17, 15) is 0 Å². The van der Waals surface area contributed by atoms with E-state index < -0.39 is 0 Å². The lowest BCUT2D eigenvalue weighted by molar-refractivity contribution is 1.01. The van der Waals surface area contributed by atoms with Gasteiger partial charge >= 0.3 is 0 Å². The van der Waals surface area contributed by atoms with Gasteiger partial charge in [-0.1, -0.05) is 54.1 Å². The summed E-state index contributed by atoms with van der Waals surface area (Å²) in [6.45, 7) is 2.22. The van der Waals surface area contributed by atoms with E-state index in [1.165, 1.54) is 49.6 Å². The fraction of sp³-hybridized carbons (Fsp3) is 0.130. The van der Waals surface area contributed by atoms with Crippen molar-refractivity contribution < 1.29 is 0 Å². The number of para-hydroxylation sites is 1. The average molecular weight is 309 g/mol. The predicted molar refractivity (Wildman–Crippen MR) is 103 cm³/mol. The third-order valence-electron chi connectivity index (χ3n) is 5.28. The lowest BCUT2D eigenvalue weighted by Crippen LogP contribution is -1.88. The molecule has 1 heteroatoms. The number of benzene rings is 3. The maximum absolute atomic E-state index is 2.36. The van der Waals surface area contributed by atoms with Gasteiger partial charge in [-0.15, -0.1) is 0 Å². The second-order valence-electron chi connectivity index (χ2n) is 6.85. The molecule has 0 aliphatic heterocycles. The van der Waals surface area contributed by atoms with Crippen molar-refractivity contribution in [3.8, 4) is 11.1 Å². The fourth-order valence-electron chi connectivity index (χ4n) is 4.12. The smallest absolute Gasteiger partial charge is 0.0489 e. The second-order valence-corrected chi connectivity index (χ2v) is 6.85. The highest BCUT2D eigenvalue weighted by atomic mass is 14.9. The van der Waals surface area contributed by atoms with Gasteiger partial charge in [0.2, 0.25) is 0 Å². The molecule has 24 heavy (non-hydrogen) atoms. The molecule has 1 aliphatic carbocycles. The van der Waals surface area contributed by atoms with Crippen molar-refractivity contribution in [2.24, 2.45) is 7.05 Å². The van der Waals surface area contributed by atoms with Crippen molar-refractivity contribution in [2.75, 3.05) is 0 Å². The summed E-state index contributed by atoms with van der Waals surface area (Å²) in [5.41, 5.74) is 9.53. The second kappa shape index (κ2) is 4.85. The maximum Gasteiger partial charge on any atom is 0.0489 e. The number of fused-ring (bicyclic) bond motifs is 4. The normalized spacial score (nSPS) is 13.5. The topological polar surface area (TPSA) is 4.93 Å². The van der Waals surface area contributed by atoms with Gasteiger partial charge in [0.05, 0.1) is 0 Å². The van der Waals surface area contributed by atoms with Gasteiger partial charge in [0.1, 0.15) is 0 Å². The van der Waals surface area contributed by atoms with Crippen LogP contribution in [0.15, 0.2) is 66.2 Å². The summed E-state index contributed by atoms with van der Waals surface area (Å²) in [5.74, 6) is 0. The number of hydrogen-bond acceptors (Lipinski definition) is 0. The Morgan fingerprint density at radius 1 is 0.833 bits per heavy atom. The number of rotatable bonds is 1. The standard InChI is InChI=1S/C23H19N/c1-15-12-16-6-5-8-18(20(16)13-15)17-10-11-23-21(14-17)19-7-3-4-9-22(19)24(23)2/h3-11,13-14H,12H2,1-2H3. The van der Waals surface area contributed by atoms with Crippen LogP contribution in [0.4, 0.5) is 0 Å². The summed E-state index contributed by atoms with van der Waals surface area (Å²) >= 11 is 0. The number of nitrogens with zero attached hydrogens (tertiary/aromatic N) is 1. The first-order valence-corrected chi connectivity index (χ1v) is 8.49. The average Bonchev–Trinajstić information content (AvgIpc) is 3.12. The van der Waals surface area contributed by atoms with Gasteiger partial charge in [0.15, 0.2) is 0 Å². The van der Waals surface area contributed by atoms with Crippen LogP contribution in [0.25, 0.3) is 39.0 Å². The molecule has 0 fully saturated rings. The Kier molecular flexibility index (Phi) is 2.75. The van der Waals surface area contributed by atoms with Crippen LogP contribution in [0.1, 0.15) is 18.1 Å². The number of aromatic nitrogens is 1. The van der Waals surface area contributed by atoms with Crippen LogP contribution in [0.5, 0.6) is 0 Å². The summed E-state index contributed by atoms with van der Waals surface area (Å²) in [6.07, 6.45) is 3.43. The van der Waals surface area contributed by atoms with Gasteiger partial charge in [-0.3, -0.25) is 0 Å². The molecule has 0 radical (unpaired) electrons. The molecule has 0 amide bonds. The summed E-state index contributed by atoms with van der Waals surface area (Å²) in [5, 5.41) is 2.66. The van der Waals surface area contributed by atoms with E-state index in [2.05, 4.69) is 85.3 Å². The summed E-state index contributed by atoms with van der Waals surface area (Å²) < 4.78 is 2.29. The Morgan fingerprint density at radius 3 is 2.58 bits per heavy atom. The third kappa shape index (κ3) is 1.81. The first-order valence-electron chi connectivity index (χ1n) is 8.49. The highest BCUT2D eigenvalue weighted by Crippen LogP contribution is 2.37. The molecule has 0 saturated heterocycles. The molecular weight excluding hydrogens is 290 g/mol. The first-order chi connectivity index (χ1) is 11.7. The Morgan fingerprint density at radius 2 is 1.67 bits per heavy atom. The SMILES string of the molecule is CC1=Cc2c(cccc2-c2ccc3c(c2)c2ccccc2n3C)C1. The molecule has 116 valence electrons. The fourth-order valence-corrected chi connectivity index (χ4v) is 4.12. The van der Waals surface area contributed by atoms with Crippen molar-refractivity contribution in [3.63, 3.8) is 0 Å². The van der Waals surface area contributed by atoms with Crippen LogP contribution in [-0.4, -0.2) is 4.57 Å². The molecule has 0 unspecified atom stereocenters. The minimum atomic E-state index is 1.08. The van der Waals surface area contributed by atoms with E-state index in [1.54, 1.807) is 0 Å². The predicted octanol–water partition coefficient (Wildman–Crippen LogP) is 5.96. The molecule has 1 aliphatic rings. The zero-order chi connectivity index (χ0) is 16.3. The molecule has 0 N–H and O–H groups in total. The van der Waals surface area contributed by atoms with E-state index in [-0.39, 0.29) is 0 Å². The summed E-state index contributed by atoms with van der Waals surface area (Å²) in [7, 11) is 2.15. The molecule has 0 bridgehead atoms. The zero-order valence-electron chi connectivity index (χ0n) is 14.0. The van der Waals surface area contributed by atoms with Crippen molar-refractivity contribution in [3.05, 3.63) is 77.4 Å². The van der Waals surface area contributed by atoms with Crippen molar-refractivity contribution in [1.29, 1.82) is 0 Å². The van der Waals surface area contributed by atoms with Crippen LogP contribution in [-0.2, 0) is 13.5 Å². The van der Waals surface area contributed by atoms with Gasteiger partial charge in [-0.05, 0) is 53.8 Å². The highest BCUT2D eigenvalue weighted by molar-refractivity contribution is 6.09. The lowest BCUT2D eigenvalue weighted by Gasteiger charge is -2.08. The van der Waals surface area contributed by atoms with Gasteiger partial charge in [-0.25, -0.2) is 0 Å². The van der Waals surface area contributed by atoms with Gasteiger partial charge in [0, 0.05) is 28.9 Å². The monoisotopic (exact) mass is 309 g/mol. The van der Waals surface area contributed by atoms with Gasteiger partial charge in [0.25, 0.3) is 0 Å². The molecule has 3 aromatic carbocycles. The molecule has 1 nitrogen and oxygen atoms in total.